The Balaban J connectivity index is 2.37. The largest absolute Gasteiger partial charge is 0.331 e. The highest BCUT2D eigenvalue weighted by molar-refractivity contribution is 9.11. The van der Waals surface area contributed by atoms with Gasteiger partial charge in [-0.05, 0) is 17.7 Å². The van der Waals surface area contributed by atoms with E-state index in [0.717, 1.165) is 11.0 Å². The van der Waals surface area contributed by atoms with Gasteiger partial charge in [0.15, 0.2) is 0 Å². The van der Waals surface area contributed by atoms with E-state index in [1.807, 2.05) is 0 Å². The third kappa shape index (κ3) is 2.77. The van der Waals surface area contributed by atoms with E-state index in [0.29, 0.717) is 4.48 Å². The van der Waals surface area contributed by atoms with E-state index in [9.17, 15) is 18.8 Å². The monoisotopic (exact) mass is 340 g/mol. The summed E-state index contributed by atoms with van der Waals surface area (Å²) in [6, 6.07) is 4.35. The van der Waals surface area contributed by atoms with Gasteiger partial charge >= 0.3 is 6.03 Å². The van der Waals surface area contributed by atoms with Crippen molar-refractivity contribution < 1.29 is 18.8 Å². The zero-order valence-corrected chi connectivity index (χ0v) is 11.8. The van der Waals surface area contributed by atoms with Crippen LogP contribution in [0.1, 0.15) is 11.5 Å². The van der Waals surface area contributed by atoms with Crippen molar-refractivity contribution in [2.45, 2.75) is 5.92 Å². The van der Waals surface area contributed by atoms with Gasteiger partial charge in [0.05, 0.1) is 6.54 Å². The maximum absolute atomic E-state index is 13.2. The normalized spacial score (nSPS) is 19.0. The fraction of sp³-hybridized carbons (Fsp3) is 0.154. The van der Waals surface area contributed by atoms with Crippen LogP contribution < -0.4 is 5.32 Å². The molecule has 2 rings (SSSR count). The molecule has 1 aromatic rings. The topological polar surface area (TPSA) is 66.5 Å². The third-order valence-electron chi connectivity index (χ3n) is 2.76. The van der Waals surface area contributed by atoms with Gasteiger partial charge in [-0.3, -0.25) is 19.8 Å². The first kappa shape index (κ1) is 14.4. The fourth-order valence-corrected chi connectivity index (χ4v) is 2.17. The molecule has 0 saturated carbocycles. The number of imide groups is 2. The Kier molecular flexibility index (Phi) is 3.99. The first-order chi connectivity index (χ1) is 9.40. The third-order valence-corrected chi connectivity index (χ3v) is 3.01. The highest BCUT2D eigenvalue weighted by Crippen LogP contribution is 2.24. The Labute approximate surface area is 122 Å². The molecule has 0 bridgehead atoms. The van der Waals surface area contributed by atoms with Gasteiger partial charge in [-0.15, -0.1) is 0 Å². The van der Waals surface area contributed by atoms with Crippen LogP contribution in [0.15, 0.2) is 35.3 Å². The van der Waals surface area contributed by atoms with Crippen molar-refractivity contribution >= 4 is 33.8 Å². The van der Waals surface area contributed by atoms with E-state index in [2.05, 4.69) is 27.8 Å². The summed E-state index contributed by atoms with van der Waals surface area (Å²) in [6.07, 6.45) is 0. The molecule has 1 aromatic carbocycles. The molecule has 1 heterocycles. The minimum absolute atomic E-state index is 0.0657. The zero-order valence-electron chi connectivity index (χ0n) is 10.2. The molecule has 104 valence electrons. The second-order valence-electron chi connectivity index (χ2n) is 4.22. The minimum Gasteiger partial charge on any atom is -0.277 e. The molecular formula is C13H10BrFN2O3. The van der Waals surface area contributed by atoms with Gasteiger partial charge in [-0.2, -0.15) is 0 Å². The minimum atomic E-state index is -1.24. The van der Waals surface area contributed by atoms with Crippen molar-refractivity contribution in [2.24, 2.45) is 0 Å². The van der Waals surface area contributed by atoms with Crippen molar-refractivity contribution in [2.75, 3.05) is 6.54 Å². The lowest BCUT2D eigenvalue weighted by Gasteiger charge is -2.30. The lowest BCUT2D eigenvalue weighted by Crippen LogP contribution is -2.57. The van der Waals surface area contributed by atoms with Crippen LogP contribution in [0, 0.1) is 5.82 Å². The standard InChI is InChI=1S/C13H10BrFN2O3/c1-7(14)6-17-12(19)10(11(18)16-13(17)20)8-3-2-4-9(15)5-8/h2-5,10H,1,6H2,(H,16,18,20). The summed E-state index contributed by atoms with van der Waals surface area (Å²) in [5.74, 6) is -3.27. The number of carbonyl (C=O) groups excluding carboxylic acids is 3. The molecule has 1 atom stereocenters. The summed E-state index contributed by atoms with van der Waals surface area (Å²) in [5.41, 5.74) is 0.199. The van der Waals surface area contributed by atoms with Crippen molar-refractivity contribution in [3.05, 3.63) is 46.7 Å². The highest BCUT2D eigenvalue weighted by atomic mass is 79.9. The number of barbiturate groups is 1. The van der Waals surface area contributed by atoms with Crippen LogP contribution >= 0.6 is 15.9 Å². The van der Waals surface area contributed by atoms with E-state index in [1.54, 1.807) is 0 Å². The molecule has 4 amide bonds. The van der Waals surface area contributed by atoms with Crippen LogP contribution in [0.4, 0.5) is 9.18 Å². The second kappa shape index (κ2) is 5.54. The Morgan fingerprint density at radius 3 is 2.70 bits per heavy atom. The Morgan fingerprint density at radius 1 is 1.40 bits per heavy atom. The Morgan fingerprint density at radius 2 is 2.10 bits per heavy atom. The van der Waals surface area contributed by atoms with Gasteiger partial charge in [0, 0.05) is 4.48 Å². The molecule has 7 heteroatoms. The molecule has 1 aliphatic rings. The molecule has 0 aromatic heterocycles. The number of hydrogen-bond acceptors (Lipinski definition) is 3. The SMILES string of the molecule is C=C(Br)CN1C(=O)NC(=O)C(c2cccc(F)c2)C1=O. The molecule has 1 unspecified atom stereocenters. The van der Waals surface area contributed by atoms with Gasteiger partial charge in [0.25, 0.3) is 0 Å². The van der Waals surface area contributed by atoms with Crippen LogP contribution in [0.3, 0.4) is 0 Å². The number of benzene rings is 1. The molecule has 1 fully saturated rings. The summed E-state index contributed by atoms with van der Waals surface area (Å²) in [5, 5.41) is 2.08. The molecule has 5 nitrogen and oxygen atoms in total. The molecule has 1 N–H and O–H groups in total. The molecule has 0 radical (unpaired) electrons. The van der Waals surface area contributed by atoms with E-state index >= 15 is 0 Å². The number of hydrogen-bond donors (Lipinski definition) is 1. The maximum Gasteiger partial charge on any atom is 0.331 e. The Hall–Kier alpha value is -2.02. The number of nitrogens with one attached hydrogen (secondary N) is 1. The number of halogens is 2. The van der Waals surface area contributed by atoms with Crippen LogP contribution in [0.2, 0.25) is 0 Å². The molecule has 20 heavy (non-hydrogen) atoms. The first-order valence-electron chi connectivity index (χ1n) is 5.65. The van der Waals surface area contributed by atoms with Gasteiger partial charge < -0.3 is 0 Å². The fourth-order valence-electron chi connectivity index (χ4n) is 1.91. The average Bonchev–Trinajstić information content (AvgIpc) is 2.34. The second-order valence-corrected chi connectivity index (χ2v) is 5.35. The van der Waals surface area contributed by atoms with Crippen LogP contribution in [0.25, 0.3) is 0 Å². The number of carbonyl (C=O) groups is 3. The predicted octanol–water partition coefficient (Wildman–Crippen LogP) is 1.90. The number of amides is 4. The zero-order chi connectivity index (χ0) is 14.9. The highest BCUT2D eigenvalue weighted by Gasteiger charge is 2.41. The maximum atomic E-state index is 13.2. The molecule has 0 spiro atoms. The smallest absolute Gasteiger partial charge is 0.277 e. The molecule has 0 aliphatic carbocycles. The van der Waals surface area contributed by atoms with Gasteiger partial charge in [-0.1, -0.05) is 34.6 Å². The van der Waals surface area contributed by atoms with Crippen molar-refractivity contribution in [3.63, 3.8) is 0 Å². The summed E-state index contributed by atoms with van der Waals surface area (Å²) in [4.78, 5) is 36.6. The quantitative estimate of drug-likeness (QED) is 0.854. The number of urea groups is 1. The van der Waals surface area contributed by atoms with E-state index < -0.39 is 29.6 Å². The van der Waals surface area contributed by atoms with Crippen LogP contribution in [-0.4, -0.2) is 29.3 Å². The predicted molar refractivity (Wildman–Crippen MR) is 72.5 cm³/mol. The average molecular weight is 341 g/mol. The lowest BCUT2D eigenvalue weighted by molar-refractivity contribution is -0.138. The number of rotatable bonds is 3. The van der Waals surface area contributed by atoms with Crippen molar-refractivity contribution in [1.82, 2.24) is 10.2 Å². The van der Waals surface area contributed by atoms with Crippen LogP contribution in [0.5, 0.6) is 0 Å². The Bertz CT molecular complexity index is 617. The lowest BCUT2D eigenvalue weighted by atomic mass is 9.95. The summed E-state index contributed by atoms with van der Waals surface area (Å²) >= 11 is 3.05. The van der Waals surface area contributed by atoms with Gasteiger partial charge in [-0.25, -0.2) is 9.18 Å². The first-order valence-corrected chi connectivity index (χ1v) is 6.44. The van der Waals surface area contributed by atoms with E-state index in [-0.39, 0.29) is 12.1 Å². The molecule has 1 saturated heterocycles. The van der Waals surface area contributed by atoms with Crippen molar-refractivity contribution in [1.29, 1.82) is 0 Å². The number of nitrogens with zero attached hydrogens (tertiary/aromatic N) is 1. The van der Waals surface area contributed by atoms with Crippen molar-refractivity contribution in [3.8, 4) is 0 Å². The summed E-state index contributed by atoms with van der Waals surface area (Å²) in [7, 11) is 0. The van der Waals surface area contributed by atoms with E-state index in [1.165, 1.54) is 18.2 Å². The summed E-state index contributed by atoms with van der Waals surface area (Å²) in [6.45, 7) is 3.48. The van der Waals surface area contributed by atoms with E-state index in [4.69, 9.17) is 0 Å². The van der Waals surface area contributed by atoms with Gasteiger partial charge in [0.1, 0.15) is 11.7 Å². The van der Waals surface area contributed by atoms with Gasteiger partial charge in [0.2, 0.25) is 11.8 Å². The molecule has 1 aliphatic heterocycles. The summed E-state index contributed by atoms with van der Waals surface area (Å²) < 4.78 is 13.6. The molecular weight excluding hydrogens is 331 g/mol. The van der Waals surface area contributed by atoms with Crippen LogP contribution in [-0.2, 0) is 9.59 Å².